The van der Waals surface area contributed by atoms with Crippen molar-refractivity contribution in [3.05, 3.63) is 54.3 Å². The zero-order valence-electron chi connectivity index (χ0n) is 11.8. The van der Waals surface area contributed by atoms with Crippen LogP contribution >= 0.6 is 0 Å². The van der Waals surface area contributed by atoms with Crippen molar-refractivity contribution in [3.8, 4) is 5.75 Å². The van der Waals surface area contributed by atoms with Gasteiger partial charge in [0.15, 0.2) is 0 Å². The monoisotopic (exact) mass is 309 g/mol. The van der Waals surface area contributed by atoms with Crippen molar-refractivity contribution in [1.29, 1.82) is 0 Å². The van der Waals surface area contributed by atoms with Crippen molar-refractivity contribution in [2.45, 2.75) is 11.8 Å². The molecule has 6 heteroatoms. The molecule has 0 aliphatic carbocycles. The Balaban J connectivity index is 2.43. The number of anilines is 1. The van der Waals surface area contributed by atoms with Crippen LogP contribution in [0.15, 0.2) is 53.4 Å². The Hall–Kier alpha value is -2.08. The molecular formula is C15H16FNO3S. The molecule has 0 saturated carbocycles. The first-order chi connectivity index (χ1) is 9.96. The molecule has 0 N–H and O–H groups in total. The summed E-state index contributed by atoms with van der Waals surface area (Å²) in [6, 6.07) is 11.6. The lowest BCUT2D eigenvalue weighted by atomic mass is 10.3. The maximum Gasteiger partial charge on any atom is 0.264 e. The Bertz CT molecular complexity index is 714. The molecule has 2 rings (SSSR count). The second-order valence-corrected chi connectivity index (χ2v) is 6.30. The van der Waals surface area contributed by atoms with Gasteiger partial charge in [-0.15, -0.1) is 0 Å². The fourth-order valence-corrected chi connectivity index (χ4v) is 3.10. The van der Waals surface area contributed by atoms with E-state index in [4.69, 9.17) is 4.74 Å². The molecule has 0 aliphatic rings. The number of ether oxygens (including phenoxy) is 1. The zero-order valence-corrected chi connectivity index (χ0v) is 12.6. The fraction of sp³-hybridized carbons (Fsp3) is 0.200. The first kappa shape index (κ1) is 15.3. The molecular weight excluding hydrogens is 293 g/mol. The Labute approximate surface area is 123 Å². The minimum Gasteiger partial charge on any atom is -0.492 e. The number of nitrogens with zero attached hydrogens (tertiary/aromatic N) is 1. The van der Waals surface area contributed by atoms with E-state index in [1.54, 1.807) is 24.3 Å². The third-order valence-corrected chi connectivity index (χ3v) is 4.76. The van der Waals surface area contributed by atoms with Gasteiger partial charge >= 0.3 is 0 Å². The Kier molecular flexibility index (Phi) is 4.47. The summed E-state index contributed by atoms with van der Waals surface area (Å²) in [6.07, 6.45) is 0. The molecule has 0 heterocycles. The maximum atomic E-state index is 12.9. The van der Waals surface area contributed by atoms with Gasteiger partial charge in [-0.1, -0.05) is 12.1 Å². The molecule has 0 bridgehead atoms. The third kappa shape index (κ3) is 3.16. The molecule has 0 aromatic heterocycles. The lowest BCUT2D eigenvalue weighted by Gasteiger charge is -2.22. The molecule has 0 amide bonds. The lowest BCUT2D eigenvalue weighted by molar-refractivity contribution is 0.341. The van der Waals surface area contributed by atoms with Gasteiger partial charge in [0.05, 0.1) is 17.2 Å². The van der Waals surface area contributed by atoms with Gasteiger partial charge in [0.1, 0.15) is 11.6 Å². The summed E-state index contributed by atoms with van der Waals surface area (Å²) in [5.41, 5.74) is 0.434. The van der Waals surface area contributed by atoms with E-state index in [1.807, 2.05) is 6.92 Å². The van der Waals surface area contributed by atoms with Crippen LogP contribution in [0.2, 0.25) is 0 Å². The summed E-state index contributed by atoms with van der Waals surface area (Å²) in [5, 5.41) is 0. The van der Waals surface area contributed by atoms with Crippen molar-refractivity contribution in [2.24, 2.45) is 0 Å². The summed E-state index contributed by atoms with van der Waals surface area (Å²) >= 11 is 0. The van der Waals surface area contributed by atoms with Gasteiger partial charge < -0.3 is 4.74 Å². The largest absolute Gasteiger partial charge is 0.492 e. The SMILES string of the molecule is CCOc1ccccc1N(C)S(=O)(=O)c1ccc(F)cc1. The van der Waals surface area contributed by atoms with E-state index < -0.39 is 15.8 Å². The molecule has 112 valence electrons. The predicted molar refractivity (Wildman–Crippen MR) is 79.6 cm³/mol. The van der Waals surface area contributed by atoms with Gasteiger partial charge in [-0.05, 0) is 43.3 Å². The van der Waals surface area contributed by atoms with Crippen LogP contribution in [0.5, 0.6) is 5.75 Å². The van der Waals surface area contributed by atoms with E-state index in [0.29, 0.717) is 18.0 Å². The van der Waals surface area contributed by atoms with Crippen LogP contribution in [0.3, 0.4) is 0 Å². The Morgan fingerprint density at radius 1 is 1.10 bits per heavy atom. The summed E-state index contributed by atoms with van der Waals surface area (Å²) in [5.74, 6) is -0.000457. The maximum absolute atomic E-state index is 12.9. The van der Waals surface area contributed by atoms with Gasteiger partial charge in [0.2, 0.25) is 0 Å². The first-order valence-corrected chi connectivity index (χ1v) is 7.87. The second-order valence-electron chi connectivity index (χ2n) is 4.33. The molecule has 0 saturated heterocycles. The molecule has 0 radical (unpaired) electrons. The first-order valence-electron chi connectivity index (χ1n) is 6.43. The summed E-state index contributed by atoms with van der Waals surface area (Å²) < 4.78 is 44.6. The van der Waals surface area contributed by atoms with E-state index in [2.05, 4.69) is 0 Å². The van der Waals surface area contributed by atoms with Gasteiger partial charge in [-0.25, -0.2) is 12.8 Å². The van der Waals surface area contributed by atoms with Crippen LogP contribution in [0.4, 0.5) is 10.1 Å². The number of halogens is 1. The predicted octanol–water partition coefficient (Wildman–Crippen LogP) is 3.05. The van der Waals surface area contributed by atoms with Crippen molar-refractivity contribution in [2.75, 3.05) is 18.0 Å². The molecule has 2 aromatic rings. The fourth-order valence-electron chi connectivity index (χ4n) is 1.89. The molecule has 0 aliphatic heterocycles. The van der Waals surface area contributed by atoms with Crippen molar-refractivity contribution < 1.29 is 17.5 Å². The van der Waals surface area contributed by atoms with E-state index in [1.165, 1.54) is 19.2 Å². The van der Waals surface area contributed by atoms with E-state index in [9.17, 15) is 12.8 Å². The summed E-state index contributed by atoms with van der Waals surface area (Å²) in [7, 11) is -2.32. The average molecular weight is 309 g/mol. The van der Waals surface area contributed by atoms with E-state index >= 15 is 0 Å². The number of para-hydroxylation sites is 2. The normalized spacial score (nSPS) is 11.2. The van der Waals surface area contributed by atoms with Crippen LogP contribution in [0.1, 0.15) is 6.92 Å². The average Bonchev–Trinajstić information content (AvgIpc) is 2.48. The standard InChI is InChI=1S/C15H16FNO3S/c1-3-20-15-7-5-4-6-14(15)17(2)21(18,19)13-10-8-12(16)9-11-13/h4-11H,3H2,1-2H3. The Morgan fingerprint density at radius 2 is 1.71 bits per heavy atom. The number of rotatable bonds is 5. The minimum absolute atomic E-state index is 0.0256. The van der Waals surface area contributed by atoms with Gasteiger partial charge in [-0.3, -0.25) is 4.31 Å². The highest BCUT2D eigenvalue weighted by Crippen LogP contribution is 2.31. The lowest BCUT2D eigenvalue weighted by Crippen LogP contribution is -2.27. The number of sulfonamides is 1. The van der Waals surface area contributed by atoms with Crippen LogP contribution in [0.25, 0.3) is 0 Å². The molecule has 4 nitrogen and oxygen atoms in total. The number of hydrogen-bond acceptors (Lipinski definition) is 3. The van der Waals surface area contributed by atoms with E-state index in [0.717, 1.165) is 16.4 Å². The second kappa shape index (κ2) is 6.13. The molecule has 0 atom stereocenters. The summed E-state index contributed by atoms with van der Waals surface area (Å²) in [4.78, 5) is 0.0256. The van der Waals surface area contributed by atoms with Crippen molar-refractivity contribution >= 4 is 15.7 Å². The molecule has 0 unspecified atom stereocenters. The molecule has 0 spiro atoms. The smallest absolute Gasteiger partial charge is 0.264 e. The highest BCUT2D eigenvalue weighted by molar-refractivity contribution is 7.92. The minimum atomic E-state index is -3.76. The highest BCUT2D eigenvalue weighted by Gasteiger charge is 2.23. The third-order valence-electron chi connectivity index (χ3n) is 2.98. The van der Waals surface area contributed by atoms with Crippen LogP contribution in [0, 0.1) is 5.82 Å². The molecule has 0 fully saturated rings. The number of hydrogen-bond donors (Lipinski definition) is 0. The Morgan fingerprint density at radius 3 is 2.33 bits per heavy atom. The van der Waals surface area contributed by atoms with Gasteiger partial charge in [-0.2, -0.15) is 0 Å². The zero-order chi connectivity index (χ0) is 15.5. The topological polar surface area (TPSA) is 46.6 Å². The van der Waals surface area contributed by atoms with Crippen molar-refractivity contribution in [1.82, 2.24) is 0 Å². The van der Waals surface area contributed by atoms with Gasteiger partial charge in [0.25, 0.3) is 10.0 Å². The number of benzene rings is 2. The van der Waals surface area contributed by atoms with E-state index in [-0.39, 0.29) is 4.90 Å². The van der Waals surface area contributed by atoms with Gasteiger partial charge in [0, 0.05) is 7.05 Å². The van der Waals surface area contributed by atoms with Crippen LogP contribution < -0.4 is 9.04 Å². The van der Waals surface area contributed by atoms with Crippen molar-refractivity contribution in [3.63, 3.8) is 0 Å². The van der Waals surface area contributed by atoms with Crippen LogP contribution in [-0.4, -0.2) is 22.1 Å². The highest BCUT2D eigenvalue weighted by atomic mass is 32.2. The van der Waals surface area contributed by atoms with Crippen LogP contribution in [-0.2, 0) is 10.0 Å². The quantitative estimate of drug-likeness (QED) is 0.853. The molecule has 2 aromatic carbocycles. The molecule has 21 heavy (non-hydrogen) atoms. The summed E-state index contributed by atoms with van der Waals surface area (Å²) in [6.45, 7) is 2.26.